The monoisotopic (exact) mass is 244 g/mol. The number of halogens is 4. The van der Waals surface area contributed by atoms with Gasteiger partial charge < -0.3 is 0 Å². The van der Waals surface area contributed by atoms with Crippen molar-refractivity contribution in [3.05, 3.63) is 11.9 Å². The number of allylic oxidation sites excluding steroid dienone is 2. The fraction of sp³-hybridized carbons (Fsp3) is 0.750. The fourth-order valence-electron chi connectivity index (χ4n) is 0.739. The molecular formula is C8H12BrF3. The molecule has 0 radical (unpaired) electrons. The molecule has 0 unspecified atom stereocenters. The van der Waals surface area contributed by atoms with E-state index in [4.69, 9.17) is 0 Å². The summed E-state index contributed by atoms with van der Waals surface area (Å²) in [6, 6.07) is 0. The zero-order valence-electron chi connectivity index (χ0n) is 6.92. The Morgan fingerprint density at radius 2 is 2.00 bits per heavy atom. The molecule has 0 bridgehead atoms. The first-order chi connectivity index (χ1) is 5.48. The van der Waals surface area contributed by atoms with Gasteiger partial charge in [-0.05, 0) is 34.8 Å². The van der Waals surface area contributed by atoms with Crippen molar-refractivity contribution >= 4 is 15.9 Å². The van der Waals surface area contributed by atoms with E-state index in [9.17, 15) is 13.2 Å². The molecule has 0 aliphatic rings. The van der Waals surface area contributed by atoms with Gasteiger partial charge in [0.25, 0.3) is 0 Å². The first kappa shape index (κ1) is 12.0. The average molecular weight is 245 g/mol. The van der Waals surface area contributed by atoms with Crippen LogP contribution in [0.1, 0.15) is 32.6 Å². The van der Waals surface area contributed by atoms with E-state index in [2.05, 4.69) is 0 Å². The van der Waals surface area contributed by atoms with Crippen LogP contribution in [-0.4, -0.2) is 4.83 Å². The molecule has 0 spiro atoms. The third kappa shape index (κ3) is 5.63. The predicted molar refractivity (Wildman–Crippen MR) is 47.2 cm³/mol. The van der Waals surface area contributed by atoms with Crippen LogP contribution < -0.4 is 0 Å². The number of hydrogen-bond donors (Lipinski definition) is 0. The lowest BCUT2D eigenvalue weighted by atomic mass is 10.2. The zero-order valence-corrected chi connectivity index (χ0v) is 8.50. The van der Waals surface area contributed by atoms with Crippen LogP contribution in [-0.2, 0) is 0 Å². The van der Waals surface area contributed by atoms with Gasteiger partial charge in [0.05, 0.1) is 0 Å². The number of alkyl halides is 3. The summed E-state index contributed by atoms with van der Waals surface area (Å²) in [7, 11) is 0. The summed E-state index contributed by atoms with van der Waals surface area (Å²) in [5.74, 6) is -1.39. The van der Waals surface area contributed by atoms with Gasteiger partial charge in [0.2, 0.25) is 0 Å². The van der Waals surface area contributed by atoms with Crippen LogP contribution >= 0.6 is 15.9 Å². The molecule has 0 atom stereocenters. The average Bonchev–Trinajstić information content (AvgIpc) is 1.96. The molecule has 0 N–H and O–H groups in total. The van der Waals surface area contributed by atoms with Crippen LogP contribution in [0.4, 0.5) is 13.2 Å². The van der Waals surface area contributed by atoms with Crippen molar-refractivity contribution < 1.29 is 13.2 Å². The van der Waals surface area contributed by atoms with E-state index in [0.717, 1.165) is 25.3 Å². The van der Waals surface area contributed by atoms with Gasteiger partial charge in [-0.2, -0.15) is 8.78 Å². The van der Waals surface area contributed by atoms with Crippen molar-refractivity contribution in [3.63, 3.8) is 0 Å². The van der Waals surface area contributed by atoms with E-state index in [-0.39, 0.29) is 0 Å². The van der Waals surface area contributed by atoms with Gasteiger partial charge in [0.1, 0.15) is 0 Å². The molecule has 0 aliphatic carbocycles. The lowest BCUT2D eigenvalue weighted by molar-refractivity contribution is 0.127. The van der Waals surface area contributed by atoms with E-state index in [1.54, 1.807) is 0 Å². The van der Waals surface area contributed by atoms with Gasteiger partial charge in [-0.25, -0.2) is 4.39 Å². The maximum atomic E-state index is 12.4. The number of rotatable bonds is 5. The smallest absolute Gasteiger partial charge is 0.204 e. The molecule has 0 nitrogen and oxygen atoms in total. The molecule has 0 fully saturated rings. The first-order valence-corrected chi connectivity index (χ1v) is 4.70. The standard InChI is InChI=1S/C8H12BrF3/c1-2-3-4-5-6-7(10)8(9,11)12/h6H,2-5H2,1H3/b7-6-. The van der Waals surface area contributed by atoms with Crippen molar-refractivity contribution in [2.45, 2.75) is 37.4 Å². The molecule has 0 aromatic rings. The maximum Gasteiger partial charge on any atom is 0.351 e. The normalized spacial score (nSPS) is 13.6. The molecular weight excluding hydrogens is 233 g/mol. The van der Waals surface area contributed by atoms with Crippen LogP contribution in [0.2, 0.25) is 0 Å². The summed E-state index contributed by atoms with van der Waals surface area (Å²) in [6.07, 6.45) is 4.01. The Balaban J connectivity index is 3.70. The lowest BCUT2D eigenvalue weighted by Gasteiger charge is -2.03. The largest absolute Gasteiger partial charge is 0.351 e. The van der Waals surface area contributed by atoms with Gasteiger partial charge >= 0.3 is 4.83 Å². The van der Waals surface area contributed by atoms with Crippen molar-refractivity contribution in [1.29, 1.82) is 0 Å². The Bertz CT molecular complexity index is 149. The third-order valence-electron chi connectivity index (χ3n) is 1.40. The van der Waals surface area contributed by atoms with Gasteiger partial charge in [-0.1, -0.05) is 19.8 Å². The zero-order chi connectivity index (χ0) is 9.61. The molecule has 0 saturated heterocycles. The van der Waals surface area contributed by atoms with Crippen molar-refractivity contribution in [1.82, 2.24) is 0 Å². The molecule has 4 heteroatoms. The minimum atomic E-state index is -3.49. The Morgan fingerprint density at radius 3 is 2.42 bits per heavy atom. The molecule has 0 aliphatic heterocycles. The van der Waals surface area contributed by atoms with E-state index in [0.29, 0.717) is 6.42 Å². The third-order valence-corrected chi connectivity index (χ3v) is 1.78. The Kier molecular flexibility index (Phi) is 5.63. The minimum Gasteiger partial charge on any atom is -0.204 e. The fourth-order valence-corrected chi connectivity index (χ4v) is 0.901. The van der Waals surface area contributed by atoms with Crippen LogP contribution in [0, 0.1) is 0 Å². The molecule has 12 heavy (non-hydrogen) atoms. The molecule has 0 saturated carbocycles. The second-order valence-corrected chi connectivity index (χ2v) is 3.54. The maximum absolute atomic E-state index is 12.4. The first-order valence-electron chi connectivity index (χ1n) is 3.91. The van der Waals surface area contributed by atoms with Gasteiger partial charge in [0.15, 0.2) is 5.83 Å². The molecule has 0 amide bonds. The highest BCUT2D eigenvalue weighted by molar-refractivity contribution is 9.10. The predicted octanol–water partition coefficient (Wildman–Crippen LogP) is 4.41. The van der Waals surface area contributed by atoms with E-state index in [1.165, 1.54) is 0 Å². The van der Waals surface area contributed by atoms with Crippen LogP contribution in [0.5, 0.6) is 0 Å². The highest BCUT2D eigenvalue weighted by Gasteiger charge is 2.30. The lowest BCUT2D eigenvalue weighted by Crippen LogP contribution is -2.04. The van der Waals surface area contributed by atoms with Crippen molar-refractivity contribution in [2.24, 2.45) is 0 Å². The van der Waals surface area contributed by atoms with E-state index in [1.807, 2.05) is 22.9 Å². The van der Waals surface area contributed by atoms with Crippen molar-refractivity contribution in [3.8, 4) is 0 Å². The number of hydrogen-bond acceptors (Lipinski definition) is 0. The second kappa shape index (κ2) is 5.62. The molecule has 0 aromatic heterocycles. The highest BCUT2D eigenvalue weighted by Crippen LogP contribution is 2.31. The van der Waals surface area contributed by atoms with Gasteiger partial charge in [-0.3, -0.25) is 0 Å². The molecule has 0 aromatic carbocycles. The van der Waals surface area contributed by atoms with Crippen LogP contribution in [0.3, 0.4) is 0 Å². The summed E-state index contributed by atoms with van der Waals surface area (Å²) in [5.41, 5.74) is 0. The van der Waals surface area contributed by atoms with Crippen LogP contribution in [0.25, 0.3) is 0 Å². The highest BCUT2D eigenvalue weighted by atomic mass is 79.9. The Labute approximate surface area is 79.0 Å². The second-order valence-electron chi connectivity index (χ2n) is 2.55. The SMILES string of the molecule is CCCCC/C=C(\F)C(F)(F)Br. The summed E-state index contributed by atoms with van der Waals surface area (Å²) >= 11 is 1.94. The van der Waals surface area contributed by atoms with Crippen LogP contribution in [0.15, 0.2) is 11.9 Å². The van der Waals surface area contributed by atoms with E-state index >= 15 is 0 Å². The Morgan fingerprint density at radius 1 is 1.42 bits per heavy atom. The van der Waals surface area contributed by atoms with Gasteiger partial charge in [-0.15, -0.1) is 0 Å². The summed E-state index contributed by atoms with van der Waals surface area (Å²) < 4.78 is 36.6. The minimum absolute atomic E-state index is 0.376. The molecule has 0 rings (SSSR count). The Hall–Kier alpha value is 0.01000. The summed E-state index contributed by atoms with van der Waals surface area (Å²) in [6.45, 7) is 2.00. The summed E-state index contributed by atoms with van der Waals surface area (Å²) in [4.78, 5) is -3.49. The molecule has 72 valence electrons. The topological polar surface area (TPSA) is 0 Å². The van der Waals surface area contributed by atoms with Crippen molar-refractivity contribution in [2.75, 3.05) is 0 Å². The molecule has 0 heterocycles. The quantitative estimate of drug-likeness (QED) is 0.497. The van der Waals surface area contributed by atoms with E-state index < -0.39 is 10.7 Å². The number of unbranched alkanes of at least 4 members (excludes halogenated alkanes) is 3. The summed E-state index contributed by atoms with van der Waals surface area (Å²) in [5, 5.41) is 0. The van der Waals surface area contributed by atoms with Gasteiger partial charge in [0, 0.05) is 0 Å².